The molecule has 0 bridgehead atoms. The van der Waals surface area contributed by atoms with Gasteiger partial charge in [-0.3, -0.25) is 4.57 Å². The second-order valence-corrected chi connectivity index (χ2v) is 8.13. The maximum absolute atomic E-state index is 10.6. The van der Waals surface area contributed by atoms with Gasteiger partial charge in [-0.1, -0.05) is 11.8 Å². The topological polar surface area (TPSA) is 140 Å². The van der Waals surface area contributed by atoms with E-state index in [0.717, 1.165) is 6.42 Å². The summed E-state index contributed by atoms with van der Waals surface area (Å²) in [7, 11) is 0. The van der Waals surface area contributed by atoms with E-state index in [1.165, 1.54) is 18.1 Å². The number of hydrogen-bond acceptors (Lipinski definition) is 11. The third kappa shape index (κ3) is 3.72. The van der Waals surface area contributed by atoms with E-state index in [9.17, 15) is 10.2 Å². The fourth-order valence-corrected chi connectivity index (χ4v) is 4.46. The minimum absolute atomic E-state index is 0.171. The molecule has 0 saturated carbocycles. The lowest BCUT2D eigenvalue weighted by atomic mass is 10.1. The molecule has 0 spiro atoms. The first-order chi connectivity index (χ1) is 14.7. The summed E-state index contributed by atoms with van der Waals surface area (Å²) in [6.07, 6.45) is 3.60. The van der Waals surface area contributed by atoms with Gasteiger partial charge in [0.2, 0.25) is 0 Å². The summed E-state index contributed by atoms with van der Waals surface area (Å²) < 4.78 is 13.0. The van der Waals surface area contributed by atoms with Gasteiger partial charge in [-0.05, 0) is 12.5 Å². The second-order valence-electron chi connectivity index (χ2n) is 7.14. The predicted molar refractivity (Wildman–Crippen MR) is 107 cm³/mol. The van der Waals surface area contributed by atoms with Crippen LogP contribution in [0.5, 0.6) is 0 Å². The summed E-state index contributed by atoms with van der Waals surface area (Å²) in [6, 6.07) is 1.91. The monoisotopic (exact) mass is 431 g/mol. The standard InChI is InChI=1S/C18H21N7O4S/c26-13-11(7-30-18-19-3-1-4-20-18)29-17(14(13)27)25-9-23-12-15(21-8-22-16(12)25)24-10-2-5-28-6-10/h1,3-4,8-11,13-14,17,26-27H,2,5-7H2,(H,21,22,24)/t10-,11-,13-,14-,17?/m1/s1. The molecule has 2 aliphatic rings. The number of aliphatic hydroxyl groups is 2. The van der Waals surface area contributed by atoms with Crippen molar-refractivity contribution in [2.45, 2.75) is 42.2 Å². The second kappa shape index (κ2) is 8.40. The zero-order valence-corrected chi connectivity index (χ0v) is 16.7. The Morgan fingerprint density at radius 1 is 1.13 bits per heavy atom. The van der Waals surface area contributed by atoms with Crippen LogP contribution in [-0.4, -0.2) is 83.0 Å². The number of aliphatic hydroxyl groups excluding tert-OH is 2. The van der Waals surface area contributed by atoms with Gasteiger partial charge < -0.3 is 25.0 Å². The van der Waals surface area contributed by atoms with Crippen LogP contribution in [-0.2, 0) is 9.47 Å². The molecule has 2 aliphatic heterocycles. The van der Waals surface area contributed by atoms with Gasteiger partial charge in [0, 0.05) is 24.8 Å². The lowest BCUT2D eigenvalue weighted by Crippen LogP contribution is -2.32. The fraction of sp³-hybridized carbons (Fsp3) is 0.500. The average molecular weight is 431 g/mol. The maximum Gasteiger partial charge on any atom is 0.187 e. The van der Waals surface area contributed by atoms with Crippen molar-refractivity contribution in [2.75, 3.05) is 24.3 Å². The highest BCUT2D eigenvalue weighted by Crippen LogP contribution is 2.34. The predicted octanol–water partition coefficient (Wildman–Crippen LogP) is 0.229. The molecular weight excluding hydrogens is 410 g/mol. The van der Waals surface area contributed by atoms with Crippen molar-refractivity contribution in [3.8, 4) is 0 Å². The van der Waals surface area contributed by atoms with Crippen molar-refractivity contribution in [1.29, 1.82) is 0 Å². The number of nitrogens with one attached hydrogen (secondary N) is 1. The van der Waals surface area contributed by atoms with Gasteiger partial charge in [0.15, 0.2) is 28.4 Å². The Kier molecular flexibility index (Phi) is 5.48. The van der Waals surface area contributed by atoms with E-state index < -0.39 is 24.5 Å². The highest BCUT2D eigenvalue weighted by Gasteiger charge is 2.44. The summed E-state index contributed by atoms with van der Waals surface area (Å²) in [6.45, 7) is 1.33. The Labute approximate surface area is 175 Å². The smallest absolute Gasteiger partial charge is 0.187 e. The molecular formula is C18H21N7O4S. The summed E-state index contributed by atoms with van der Waals surface area (Å²) in [5.74, 6) is 1.00. The molecule has 11 nitrogen and oxygen atoms in total. The van der Waals surface area contributed by atoms with Crippen molar-refractivity contribution in [3.05, 3.63) is 31.1 Å². The SMILES string of the molecule is O[C@@H]1[C@@H](CSc2ncccn2)OC(n2cnc3c(N[C@@H]4CCOC4)ncnc32)[C@@H]1O. The Hall–Kier alpha value is -2.38. The molecule has 5 rings (SSSR count). The third-order valence-electron chi connectivity index (χ3n) is 5.16. The molecule has 5 heterocycles. The Morgan fingerprint density at radius 3 is 2.80 bits per heavy atom. The van der Waals surface area contributed by atoms with Gasteiger partial charge in [-0.2, -0.15) is 0 Å². The molecule has 3 aromatic heterocycles. The molecule has 3 aromatic rings. The summed E-state index contributed by atoms with van der Waals surface area (Å²) in [4.78, 5) is 21.3. The number of imidazole rings is 1. The van der Waals surface area contributed by atoms with Crippen LogP contribution in [0.2, 0.25) is 0 Å². The van der Waals surface area contributed by atoms with E-state index in [1.807, 2.05) is 0 Å². The molecule has 5 atom stereocenters. The van der Waals surface area contributed by atoms with Gasteiger partial charge in [-0.25, -0.2) is 24.9 Å². The van der Waals surface area contributed by atoms with Crippen molar-refractivity contribution < 1.29 is 19.7 Å². The Bertz CT molecular complexity index is 1000. The van der Waals surface area contributed by atoms with E-state index in [1.54, 1.807) is 29.4 Å². The van der Waals surface area contributed by atoms with Crippen molar-refractivity contribution in [1.82, 2.24) is 29.5 Å². The minimum Gasteiger partial charge on any atom is -0.387 e. The van der Waals surface area contributed by atoms with Crippen LogP contribution in [0, 0.1) is 0 Å². The number of aromatic nitrogens is 6. The molecule has 1 unspecified atom stereocenters. The van der Waals surface area contributed by atoms with Crippen LogP contribution < -0.4 is 5.32 Å². The van der Waals surface area contributed by atoms with Crippen LogP contribution in [0.25, 0.3) is 11.2 Å². The zero-order valence-electron chi connectivity index (χ0n) is 15.9. The van der Waals surface area contributed by atoms with Crippen LogP contribution in [0.3, 0.4) is 0 Å². The molecule has 158 valence electrons. The number of fused-ring (bicyclic) bond motifs is 1. The van der Waals surface area contributed by atoms with E-state index in [-0.39, 0.29) is 6.04 Å². The normalized spacial score (nSPS) is 28.9. The van der Waals surface area contributed by atoms with E-state index in [0.29, 0.717) is 41.1 Å². The van der Waals surface area contributed by atoms with Gasteiger partial charge in [0.05, 0.1) is 25.1 Å². The minimum atomic E-state index is -1.13. The summed E-state index contributed by atoms with van der Waals surface area (Å²) in [5, 5.41) is 25.0. The number of hydrogen-bond donors (Lipinski definition) is 3. The molecule has 0 radical (unpaired) electrons. The molecule has 0 aromatic carbocycles. The number of anilines is 1. The van der Waals surface area contributed by atoms with E-state index >= 15 is 0 Å². The lowest BCUT2D eigenvalue weighted by molar-refractivity contribution is -0.0289. The molecule has 0 amide bonds. The van der Waals surface area contributed by atoms with Crippen molar-refractivity contribution in [3.63, 3.8) is 0 Å². The number of thioether (sulfide) groups is 1. The number of rotatable bonds is 6. The van der Waals surface area contributed by atoms with Crippen molar-refractivity contribution in [2.24, 2.45) is 0 Å². The molecule has 0 aliphatic carbocycles. The van der Waals surface area contributed by atoms with Crippen molar-refractivity contribution >= 4 is 28.7 Å². The fourth-order valence-electron chi connectivity index (χ4n) is 3.60. The maximum atomic E-state index is 10.6. The first-order valence-electron chi connectivity index (χ1n) is 9.64. The zero-order chi connectivity index (χ0) is 20.5. The largest absolute Gasteiger partial charge is 0.387 e. The summed E-state index contributed by atoms with van der Waals surface area (Å²) >= 11 is 1.36. The number of nitrogens with zero attached hydrogens (tertiary/aromatic N) is 6. The first-order valence-corrected chi connectivity index (χ1v) is 10.6. The molecule has 2 saturated heterocycles. The van der Waals surface area contributed by atoms with Crippen LogP contribution in [0.15, 0.2) is 36.3 Å². The molecule has 2 fully saturated rings. The van der Waals surface area contributed by atoms with Gasteiger partial charge in [-0.15, -0.1) is 0 Å². The third-order valence-corrected chi connectivity index (χ3v) is 6.12. The van der Waals surface area contributed by atoms with Gasteiger partial charge >= 0.3 is 0 Å². The summed E-state index contributed by atoms with van der Waals surface area (Å²) in [5.41, 5.74) is 1.09. The first kappa shape index (κ1) is 19.6. The quantitative estimate of drug-likeness (QED) is 0.365. The van der Waals surface area contributed by atoms with Gasteiger partial charge in [0.1, 0.15) is 18.5 Å². The lowest BCUT2D eigenvalue weighted by Gasteiger charge is -2.17. The van der Waals surface area contributed by atoms with Gasteiger partial charge in [0.25, 0.3) is 0 Å². The van der Waals surface area contributed by atoms with E-state index in [4.69, 9.17) is 9.47 Å². The Morgan fingerprint density at radius 2 is 2.00 bits per heavy atom. The molecule has 3 N–H and O–H groups in total. The highest BCUT2D eigenvalue weighted by molar-refractivity contribution is 7.99. The van der Waals surface area contributed by atoms with Crippen LogP contribution in [0.1, 0.15) is 12.6 Å². The number of ether oxygens (including phenoxy) is 2. The highest BCUT2D eigenvalue weighted by atomic mass is 32.2. The molecule has 12 heteroatoms. The molecule has 30 heavy (non-hydrogen) atoms. The average Bonchev–Trinajstić information content (AvgIpc) is 3.49. The van der Waals surface area contributed by atoms with Crippen LogP contribution >= 0.6 is 11.8 Å². The van der Waals surface area contributed by atoms with E-state index in [2.05, 4.69) is 30.2 Å². The van der Waals surface area contributed by atoms with Crippen LogP contribution in [0.4, 0.5) is 5.82 Å². The Balaban J connectivity index is 1.34.